The number of aliphatic hydroxyl groups is 1. The standard InChI is InChI=1S/C15H19NO3/c1-15(2,18)10-16-14(17)6-4-11-3-5-13-12(9-11)7-8-19-13/h3-6,9,18H,7-8,10H2,1-2H3,(H,16,17). The van der Waals surface area contributed by atoms with E-state index >= 15 is 0 Å². The van der Waals surface area contributed by atoms with E-state index in [1.54, 1.807) is 19.9 Å². The third-order valence-corrected chi connectivity index (χ3v) is 2.84. The topological polar surface area (TPSA) is 58.6 Å². The molecule has 102 valence electrons. The van der Waals surface area contributed by atoms with Gasteiger partial charge in [-0.25, -0.2) is 0 Å². The summed E-state index contributed by atoms with van der Waals surface area (Å²) in [4.78, 5) is 11.6. The molecular weight excluding hydrogens is 242 g/mol. The van der Waals surface area contributed by atoms with Crippen molar-refractivity contribution >= 4 is 12.0 Å². The molecule has 0 aromatic heterocycles. The largest absolute Gasteiger partial charge is 0.493 e. The van der Waals surface area contributed by atoms with Crippen molar-refractivity contribution in [1.82, 2.24) is 5.32 Å². The van der Waals surface area contributed by atoms with Gasteiger partial charge in [-0.05, 0) is 43.2 Å². The van der Waals surface area contributed by atoms with E-state index in [9.17, 15) is 9.90 Å². The Balaban J connectivity index is 1.93. The molecule has 0 atom stereocenters. The molecule has 1 heterocycles. The molecule has 0 radical (unpaired) electrons. The van der Waals surface area contributed by atoms with Crippen LogP contribution in [0.2, 0.25) is 0 Å². The molecule has 19 heavy (non-hydrogen) atoms. The Bertz CT molecular complexity index is 501. The molecule has 0 saturated carbocycles. The van der Waals surface area contributed by atoms with Crippen molar-refractivity contribution in [3.8, 4) is 5.75 Å². The minimum absolute atomic E-state index is 0.209. The second-order valence-electron chi connectivity index (χ2n) is 5.33. The van der Waals surface area contributed by atoms with E-state index in [-0.39, 0.29) is 12.5 Å². The highest BCUT2D eigenvalue weighted by atomic mass is 16.5. The van der Waals surface area contributed by atoms with E-state index in [2.05, 4.69) is 5.32 Å². The molecule has 2 N–H and O–H groups in total. The van der Waals surface area contributed by atoms with E-state index in [4.69, 9.17) is 4.74 Å². The van der Waals surface area contributed by atoms with Crippen LogP contribution in [0.1, 0.15) is 25.0 Å². The van der Waals surface area contributed by atoms with Gasteiger partial charge in [-0.1, -0.05) is 6.07 Å². The molecule has 1 aromatic rings. The summed E-state index contributed by atoms with van der Waals surface area (Å²) in [7, 11) is 0. The number of benzene rings is 1. The highest BCUT2D eigenvalue weighted by Gasteiger charge is 2.13. The lowest BCUT2D eigenvalue weighted by molar-refractivity contribution is -0.117. The minimum atomic E-state index is -0.894. The number of fused-ring (bicyclic) bond motifs is 1. The van der Waals surface area contributed by atoms with Gasteiger partial charge in [0.25, 0.3) is 0 Å². The number of ether oxygens (including phenoxy) is 1. The number of hydrogen-bond acceptors (Lipinski definition) is 3. The number of carbonyl (C=O) groups is 1. The van der Waals surface area contributed by atoms with E-state index in [0.717, 1.165) is 24.3 Å². The van der Waals surface area contributed by atoms with E-state index in [1.807, 2.05) is 18.2 Å². The number of hydrogen-bond donors (Lipinski definition) is 2. The zero-order valence-corrected chi connectivity index (χ0v) is 11.3. The van der Waals surface area contributed by atoms with Crippen LogP contribution < -0.4 is 10.1 Å². The molecule has 1 aliphatic heterocycles. The van der Waals surface area contributed by atoms with Gasteiger partial charge in [0.05, 0.1) is 12.2 Å². The van der Waals surface area contributed by atoms with Gasteiger partial charge in [0.2, 0.25) is 5.91 Å². The first-order valence-electron chi connectivity index (χ1n) is 6.38. The van der Waals surface area contributed by atoms with Gasteiger partial charge in [-0.3, -0.25) is 4.79 Å². The lowest BCUT2D eigenvalue weighted by atomic mass is 10.1. The first kappa shape index (κ1) is 13.6. The second-order valence-corrected chi connectivity index (χ2v) is 5.33. The first-order chi connectivity index (χ1) is 8.94. The van der Waals surface area contributed by atoms with Crippen molar-refractivity contribution in [3.05, 3.63) is 35.4 Å². The molecule has 1 amide bonds. The maximum Gasteiger partial charge on any atom is 0.244 e. The van der Waals surface area contributed by atoms with Gasteiger partial charge in [-0.2, -0.15) is 0 Å². The summed E-state index contributed by atoms with van der Waals surface area (Å²) in [6, 6.07) is 5.88. The van der Waals surface area contributed by atoms with Crippen LogP contribution in [0.3, 0.4) is 0 Å². The predicted molar refractivity (Wildman–Crippen MR) is 74.0 cm³/mol. The van der Waals surface area contributed by atoms with E-state index in [0.29, 0.717) is 0 Å². The van der Waals surface area contributed by atoms with Crippen LogP contribution in [-0.4, -0.2) is 29.8 Å². The average molecular weight is 261 g/mol. The molecule has 1 aliphatic rings. The Hall–Kier alpha value is -1.81. The minimum Gasteiger partial charge on any atom is -0.493 e. The Morgan fingerprint density at radius 1 is 1.53 bits per heavy atom. The lowest BCUT2D eigenvalue weighted by Crippen LogP contribution is -2.37. The van der Waals surface area contributed by atoms with Gasteiger partial charge < -0.3 is 15.2 Å². The Labute approximate surface area is 113 Å². The van der Waals surface area contributed by atoms with Crippen LogP contribution in [0.4, 0.5) is 0 Å². The molecule has 0 bridgehead atoms. The highest BCUT2D eigenvalue weighted by Crippen LogP contribution is 2.26. The van der Waals surface area contributed by atoms with E-state index < -0.39 is 5.60 Å². The third kappa shape index (κ3) is 4.10. The zero-order valence-electron chi connectivity index (χ0n) is 11.3. The van der Waals surface area contributed by atoms with Crippen LogP contribution in [0.25, 0.3) is 6.08 Å². The van der Waals surface area contributed by atoms with Crippen molar-refractivity contribution < 1.29 is 14.6 Å². The SMILES string of the molecule is CC(C)(O)CNC(=O)C=Cc1ccc2c(c1)CCO2. The molecule has 4 heteroatoms. The van der Waals surface area contributed by atoms with Crippen molar-refractivity contribution in [3.63, 3.8) is 0 Å². The van der Waals surface area contributed by atoms with Crippen molar-refractivity contribution in [2.75, 3.05) is 13.2 Å². The Morgan fingerprint density at radius 3 is 3.05 bits per heavy atom. The van der Waals surface area contributed by atoms with Crippen molar-refractivity contribution in [2.45, 2.75) is 25.9 Å². The maximum absolute atomic E-state index is 11.6. The fraction of sp³-hybridized carbons (Fsp3) is 0.400. The number of rotatable bonds is 4. The Kier molecular flexibility index (Phi) is 3.90. The number of carbonyl (C=O) groups excluding carboxylic acids is 1. The molecule has 0 unspecified atom stereocenters. The zero-order chi connectivity index (χ0) is 13.9. The highest BCUT2D eigenvalue weighted by molar-refractivity contribution is 5.91. The fourth-order valence-corrected chi connectivity index (χ4v) is 1.84. The number of amides is 1. The maximum atomic E-state index is 11.6. The fourth-order valence-electron chi connectivity index (χ4n) is 1.84. The summed E-state index contributed by atoms with van der Waals surface area (Å²) < 4.78 is 5.42. The number of nitrogens with one attached hydrogen (secondary N) is 1. The molecular formula is C15H19NO3. The van der Waals surface area contributed by atoms with Crippen LogP contribution in [0.5, 0.6) is 5.75 Å². The van der Waals surface area contributed by atoms with Crippen molar-refractivity contribution in [2.24, 2.45) is 0 Å². The quantitative estimate of drug-likeness (QED) is 0.808. The third-order valence-electron chi connectivity index (χ3n) is 2.84. The molecule has 2 rings (SSSR count). The molecule has 0 fully saturated rings. The summed E-state index contributed by atoms with van der Waals surface area (Å²) >= 11 is 0. The van der Waals surface area contributed by atoms with Crippen LogP contribution in [0, 0.1) is 0 Å². The lowest BCUT2D eigenvalue weighted by Gasteiger charge is -2.16. The summed E-state index contributed by atoms with van der Waals surface area (Å²) in [5.74, 6) is 0.725. The van der Waals surface area contributed by atoms with Gasteiger partial charge in [0.15, 0.2) is 0 Å². The van der Waals surface area contributed by atoms with Gasteiger partial charge >= 0.3 is 0 Å². The van der Waals surface area contributed by atoms with Gasteiger partial charge in [-0.15, -0.1) is 0 Å². The summed E-state index contributed by atoms with van der Waals surface area (Å²) in [6.07, 6.45) is 4.16. The smallest absolute Gasteiger partial charge is 0.244 e. The van der Waals surface area contributed by atoms with Crippen molar-refractivity contribution in [1.29, 1.82) is 0 Å². The Morgan fingerprint density at radius 2 is 2.32 bits per heavy atom. The van der Waals surface area contributed by atoms with E-state index in [1.165, 1.54) is 11.6 Å². The first-order valence-corrected chi connectivity index (χ1v) is 6.38. The normalized spacial score (nSPS) is 14.3. The average Bonchev–Trinajstić information content (AvgIpc) is 2.80. The molecule has 4 nitrogen and oxygen atoms in total. The second kappa shape index (κ2) is 5.45. The monoisotopic (exact) mass is 261 g/mol. The summed E-state index contributed by atoms with van der Waals surface area (Å²) in [5.41, 5.74) is 1.26. The van der Waals surface area contributed by atoms with Gasteiger partial charge in [0, 0.05) is 19.0 Å². The van der Waals surface area contributed by atoms with Crippen LogP contribution in [-0.2, 0) is 11.2 Å². The summed E-state index contributed by atoms with van der Waals surface area (Å²) in [5, 5.41) is 12.1. The van der Waals surface area contributed by atoms with Crippen LogP contribution >= 0.6 is 0 Å². The van der Waals surface area contributed by atoms with Gasteiger partial charge in [0.1, 0.15) is 5.75 Å². The van der Waals surface area contributed by atoms with Crippen LogP contribution in [0.15, 0.2) is 24.3 Å². The molecule has 0 spiro atoms. The summed E-state index contributed by atoms with van der Waals surface area (Å²) in [6.45, 7) is 4.26. The predicted octanol–water partition coefficient (Wildman–Crippen LogP) is 1.52. The molecule has 1 aromatic carbocycles. The molecule has 0 aliphatic carbocycles. The molecule has 0 saturated heterocycles.